The first-order valence-electron chi connectivity index (χ1n) is 9.79. The van der Waals surface area contributed by atoms with Gasteiger partial charge in [0.2, 0.25) is 0 Å². The van der Waals surface area contributed by atoms with E-state index in [1.807, 2.05) is 0 Å². The van der Waals surface area contributed by atoms with Crippen molar-refractivity contribution in [1.82, 2.24) is 0 Å². The van der Waals surface area contributed by atoms with E-state index >= 15 is 0 Å². The molecule has 9 heteroatoms. The third-order valence-electron chi connectivity index (χ3n) is 4.42. The summed E-state index contributed by atoms with van der Waals surface area (Å²) >= 11 is 0. The van der Waals surface area contributed by atoms with Gasteiger partial charge in [-0.05, 0) is 58.4 Å². The number of rotatable bonds is 6. The van der Waals surface area contributed by atoms with Gasteiger partial charge in [-0.1, -0.05) is 12.1 Å². The molecule has 172 valence electrons. The molecule has 2 rings (SSSR count). The Morgan fingerprint density at radius 2 is 1.74 bits per heavy atom. The molecule has 0 amide bonds. The average Bonchev–Trinajstić information content (AvgIpc) is 2.65. The normalized spacial score (nSPS) is 21.1. The molecule has 3 atom stereocenters. The molecule has 0 spiro atoms. The van der Waals surface area contributed by atoms with E-state index < -0.39 is 47.4 Å². The first-order valence-corrected chi connectivity index (χ1v) is 9.79. The third kappa shape index (κ3) is 6.62. The largest absolute Gasteiger partial charge is 0.462 e. The summed E-state index contributed by atoms with van der Waals surface area (Å²) in [6.45, 7) is 8.07. The molecule has 0 fully saturated rings. The Hall–Kier alpha value is -2.23. The topological polar surface area (TPSA) is 82.1 Å². The monoisotopic (exact) mass is 444 g/mol. The summed E-state index contributed by atoms with van der Waals surface area (Å²) in [6, 6.07) is 3.86. The second-order valence-corrected chi connectivity index (χ2v) is 8.53. The van der Waals surface area contributed by atoms with Gasteiger partial charge in [-0.2, -0.15) is 13.2 Å². The van der Waals surface area contributed by atoms with Gasteiger partial charge in [-0.25, -0.2) is 0 Å². The number of carbonyl (C=O) groups is 2. The Labute approximate surface area is 179 Å². The van der Waals surface area contributed by atoms with Crippen molar-refractivity contribution in [2.45, 2.75) is 65.4 Å². The maximum absolute atomic E-state index is 12.9. The molecule has 1 aliphatic rings. The van der Waals surface area contributed by atoms with Crippen molar-refractivity contribution in [3.8, 4) is 0 Å². The first kappa shape index (κ1) is 25.0. The van der Waals surface area contributed by atoms with E-state index in [1.54, 1.807) is 34.6 Å². The summed E-state index contributed by atoms with van der Waals surface area (Å²) in [4.78, 5) is 24.9. The number of halogens is 3. The first-order chi connectivity index (χ1) is 14.2. The molecular weight excluding hydrogens is 417 g/mol. The van der Waals surface area contributed by atoms with Crippen molar-refractivity contribution in [3.63, 3.8) is 0 Å². The zero-order chi connectivity index (χ0) is 23.6. The Morgan fingerprint density at radius 3 is 2.23 bits per heavy atom. The maximum atomic E-state index is 12.9. The molecule has 1 N–H and O–H groups in total. The van der Waals surface area contributed by atoms with Crippen LogP contribution in [0.2, 0.25) is 0 Å². The zero-order valence-corrected chi connectivity index (χ0v) is 18.0. The summed E-state index contributed by atoms with van der Waals surface area (Å²) < 4.78 is 54.7. The van der Waals surface area contributed by atoms with Crippen molar-refractivity contribution >= 4 is 11.8 Å². The molecule has 1 aromatic carbocycles. The highest BCUT2D eigenvalue weighted by Crippen LogP contribution is 2.33. The van der Waals surface area contributed by atoms with Crippen LogP contribution in [0.3, 0.4) is 0 Å². The summed E-state index contributed by atoms with van der Waals surface area (Å²) in [5.74, 6) is -1.18. The number of esters is 1. The molecule has 31 heavy (non-hydrogen) atoms. The number of aliphatic hydroxyl groups excluding tert-OH is 1. The molecule has 0 aromatic heterocycles. The zero-order valence-electron chi connectivity index (χ0n) is 18.0. The quantitative estimate of drug-likeness (QED) is 0.669. The Morgan fingerprint density at radius 1 is 1.16 bits per heavy atom. The van der Waals surface area contributed by atoms with Crippen molar-refractivity contribution < 1.29 is 42.1 Å². The molecule has 0 saturated carbocycles. The molecule has 0 radical (unpaired) electrons. The van der Waals surface area contributed by atoms with Crippen LogP contribution in [0.15, 0.2) is 35.9 Å². The van der Waals surface area contributed by atoms with E-state index in [0.717, 1.165) is 24.3 Å². The Balaban J connectivity index is 2.26. The van der Waals surface area contributed by atoms with Gasteiger partial charge in [0.1, 0.15) is 12.7 Å². The number of benzene rings is 1. The van der Waals surface area contributed by atoms with E-state index in [2.05, 4.69) is 0 Å². The van der Waals surface area contributed by atoms with Crippen LogP contribution in [0.25, 0.3) is 0 Å². The Bertz CT molecular complexity index is 821. The van der Waals surface area contributed by atoms with Crippen LogP contribution in [-0.2, 0) is 30.0 Å². The predicted molar refractivity (Wildman–Crippen MR) is 105 cm³/mol. The van der Waals surface area contributed by atoms with Crippen LogP contribution in [0.5, 0.6) is 0 Å². The van der Waals surface area contributed by atoms with Gasteiger partial charge in [-0.3, -0.25) is 9.59 Å². The fraction of sp³-hybridized carbons (Fsp3) is 0.545. The van der Waals surface area contributed by atoms with Crippen molar-refractivity contribution in [2.75, 3.05) is 6.61 Å². The average molecular weight is 444 g/mol. The van der Waals surface area contributed by atoms with Gasteiger partial charge < -0.3 is 19.3 Å². The molecule has 0 aliphatic carbocycles. The number of Topliss-reactive ketones (excluding diaryl/α,β-unsaturated/α-hetero) is 1. The molecule has 1 heterocycles. The lowest BCUT2D eigenvalue weighted by atomic mass is 9.93. The third-order valence-corrected chi connectivity index (χ3v) is 4.42. The van der Waals surface area contributed by atoms with Crippen LogP contribution in [0, 0.1) is 5.41 Å². The SMILES string of the molecule is CC(C)O[C@@H]1C=C([C@H](O)c2ccc(C(F)(F)F)cc2)C(=O)[C@@H](COC(=O)C(C)(C)C)O1. The summed E-state index contributed by atoms with van der Waals surface area (Å²) in [6.07, 6.45) is -7.24. The summed E-state index contributed by atoms with van der Waals surface area (Å²) in [5.41, 5.74) is -1.66. The van der Waals surface area contributed by atoms with Crippen LogP contribution in [-0.4, -0.2) is 42.0 Å². The van der Waals surface area contributed by atoms with E-state index in [1.165, 1.54) is 6.08 Å². The highest BCUT2D eigenvalue weighted by molar-refractivity contribution is 6.00. The van der Waals surface area contributed by atoms with Gasteiger partial charge in [0.05, 0.1) is 17.1 Å². The molecule has 1 aliphatic heterocycles. The van der Waals surface area contributed by atoms with Crippen LogP contribution in [0.1, 0.15) is 51.8 Å². The number of alkyl halides is 3. The standard InChI is InChI=1S/C22H27F3O6/c1-12(2)30-17-10-15(18(26)13-6-8-14(9-7-13)22(23,24)25)19(27)16(31-17)11-29-20(28)21(3,4)5/h6-10,12,16-18,26H,11H2,1-5H3/t16-,17+,18-/m1/s1. The minimum atomic E-state index is -4.52. The van der Waals surface area contributed by atoms with E-state index in [-0.39, 0.29) is 23.8 Å². The minimum absolute atomic E-state index is 0.100. The number of ether oxygens (including phenoxy) is 3. The molecule has 0 bridgehead atoms. The highest BCUT2D eigenvalue weighted by atomic mass is 19.4. The van der Waals surface area contributed by atoms with Gasteiger partial charge in [-0.15, -0.1) is 0 Å². The van der Waals surface area contributed by atoms with Gasteiger partial charge in [0.15, 0.2) is 18.2 Å². The molecule has 0 unspecified atom stereocenters. The Kier molecular flexibility index (Phi) is 7.67. The fourth-order valence-corrected chi connectivity index (χ4v) is 2.76. The minimum Gasteiger partial charge on any atom is -0.462 e. The van der Waals surface area contributed by atoms with Gasteiger partial charge >= 0.3 is 12.1 Å². The summed E-state index contributed by atoms with van der Waals surface area (Å²) in [5, 5.41) is 10.7. The summed E-state index contributed by atoms with van der Waals surface area (Å²) in [7, 11) is 0. The van der Waals surface area contributed by atoms with Crippen LogP contribution >= 0.6 is 0 Å². The number of aliphatic hydroxyl groups is 1. The second kappa shape index (κ2) is 9.50. The molecule has 6 nitrogen and oxygen atoms in total. The number of carbonyl (C=O) groups excluding carboxylic acids is 2. The fourth-order valence-electron chi connectivity index (χ4n) is 2.76. The van der Waals surface area contributed by atoms with E-state index in [0.29, 0.717) is 0 Å². The lowest BCUT2D eigenvalue weighted by Crippen LogP contribution is -2.42. The van der Waals surface area contributed by atoms with Crippen molar-refractivity contribution in [2.24, 2.45) is 5.41 Å². The number of hydrogen-bond acceptors (Lipinski definition) is 6. The maximum Gasteiger partial charge on any atom is 0.416 e. The lowest BCUT2D eigenvalue weighted by molar-refractivity contribution is -0.189. The lowest BCUT2D eigenvalue weighted by Gasteiger charge is -2.31. The molecular formula is C22H27F3O6. The highest BCUT2D eigenvalue weighted by Gasteiger charge is 2.37. The smallest absolute Gasteiger partial charge is 0.416 e. The second-order valence-electron chi connectivity index (χ2n) is 8.53. The van der Waals surface area contributed by atoms with Crippen molar-refractivity contribution in [3.05, 3.63) is 47.0 Å². The van der Waals surface area contributed by atoms with Crippen LogP contribution in [0.4, 0.5) is 13.2 Å². The number of hydrogen-bond donors (Lipinski definition) is 1. The van der Waals surface area contributed by atoms with E-state index in [9.17, 15) is 27.9 Å². The van der Waals surface area contributed by atoms with Crippen LogP contribution < -0.4 is 0 Å². The molecule has 0 saturated heterocycles. The molecule has 1 aromatic rings. The van der Waals surface area contributed by atoms with E-state index in [4.69, 9.17) is 14.2 Å². The predicted octanol–water partition coefficient (Wildman–Crippen LogP) is 3.97. The number of ketones is 1. The van der Waals surface area contributed by atoms with Gasteiger partial charge in [0.25, 0.3) is 0 Å². The van der Waals surface area contributed by atoms with Gasteiger partial charge in [0, 0.05) is 5.57 Å². The van der Waals surface area contributed by atoms with Crippen molar-refractivity contribution in [1.29, 1.82) is 0 Å².